The van der Waals surface area contributed by atoms with E-state index in [2.05, 4.69) is 46.2 Å². The van der Waals surface area contributed by atoms with Gasteiger partial charge in [0, 0.05) is 43.8 Å². The Balaban J connectivity index is 0.000000778. The van der Waals surface area contributed by atoms with E-state index < -0.39 is 52.9 Å². The summed E-state index contributed by atoms with van der Waals surface area (Å²) in [7, 11) is 2.45. The van der Waals surface area contributed by atoms with Crippen molar-refractivity contribution >= 4 is 46.9 Å². The van der Waals surface area contributed by atoms with Crippen LogP contribution in [-0.2, 0) is 35.3 Å². The molecule has 1 aromatic carbocycles. The van der Waals surface area contributed by atoms with Gasteiger partial charge in [-0.3, -0.25) is 24.0 Å². The maximum Gasteiger partial charge on any atom is 1.00 e. The first-order valence-electron chi connectivity index (χ1n) is 16.9. The number of aliphatic carboxylic acids is 1. The quantitative estimate of drug-likeness (QED) is 0.0355. The van der Waals surface area contributed by atoms with Crippen molar-refractivity contribution in [2.45, 2.75) is 26.9 Å². The van der Waals surface area contributed by atoms with Gasteiger partial charge in [-0.15, -0.1) is 0 Å². The van der Waals surface area contributed by atoms with E-state index >= 15 is 0 Å². The van der Waals surface area contributed by atoms with Crippen molar-refractivity contribution in [1.82, 2.24) is 24.9 Å². The number of primary amides is 1. The van der Waals surface area contributed by atoms with Crippen LogP contribution in [0.15, 0.2) is 114 Å². The zero-order valence-corrected chi connectivity index (χ0v) is 33.2. The van der Waals surface area contributed by atoms with Gasteiger partial charge in [0.15, 0.2) is 11.6 Å². The molecule has 0 aliphatic carbocycles. The number of nitrogens with one attached hydrogen (secondary N) is 4. The van der Waals surface area contributed by atoms with Gasteiger partial charge in [0.2, 0.25) is 0 Å². The number of aromatic amines is 4. The Morgan fingerprint density at radius 1 is 0.746 bits per heavy atom. The number of esters is 2. The molecule has 0 saturated heterocycles. The second-order valence-corrected chi connectivity index (χ2v) is 11.2. The Morgan fingerprint density at radius 2 is 1.29 bits per heavy atom. The van der Waals surface area contributed by atoms with E-state index in [9.17, 15) is 47.1 Å². The van der Waals surface area contributed by atoms with Crippen molar-refractivity contribution in [2.24, 2.45) is 5.73 Å². The monoisotopic (exact) mass is 869 g/mol. The summed E-state index contributed by atoms with van der Waals surface area (Å²) in [5, 5.41) is 8.18. The van der Waals surface area contributed by atoms with Crippen LogP contribution in [0.3, 0.4) is 0 Å². The molecule has 7 N–H and O–H groups in total. The van der Waals surface area contributed by atoms with Gasteiger partial charge < -0.3 is 49.4 Å². The molecule has 63 heavy (non-hydrogen) atoms. The molecule has 0 aliphatic heterocycles. The zero-order valence-electron chi connectivity index (χ0n) is 33.2. The van der Waals surface area contributed by atoms with E-state index in [0.717, 1.165) is 5.75 Å². The van der Waals surface area contributed by atoms with Gasteiger partial charge in [0.25, 0.3) is 29.0 Å². The number of carbonyl (C=O) groups excluding carboxylic acids is 7. The van der Waals surface area contributed by atoms with E-state index in [1.54, 1.807) is 42.7 Å². The molecule has 5 aromatic heterocycles. The number of carboxylic acids is 1. The number of rotatable bonds is 11. The fourth-order valence-electron chi connectivity index (χ4n) is 3.82. The molecule has 6 aromatic rings. The molecule has 1 amide bonds. The van der Waals surface area contributed by atoms with Gasteiger partial charge in [-0.05, 0) is 66.6 Å². The molecule has 0 atom stereocenters. The van der Waals surface area contributed by atoms with Crippen molar-refractivity contribution in [2.75, 3.05) is 14.2 Å². The molecule has 0 spiro atoms. The van der Waals surface area contributed by atoms with Gasteiger partial charge in [0.05, 0.1) is 31.3 Å². The fourth-order valence-corrected chi connectivity index (χ4v) is 3.82. The number of nitrogens with two attached hydrogens (primary N) is 1. The summed E-state index contributed by atoms with van der Waals surface area (Å²) in [5.74, 6) is -4.38. The third-order valence-electron chi connectivity index (χ3n) is 6.69. The standard InChI is InChI=1S/C15H12O4.C7H7NO3.C6H6F2N2O.C6H6N2O2.C6H5NO3.CH4.Li/c1-17-15(16)10-9-13-7-8-14(19-13)11-18-12-5-3-2-4-6-12;1-11-7(10)6(9)5-3-2-4-8-5;1-6(7,8)4(11)5-9-2-3-10-5;7-6(10)5(9)4-2-1-3-8-4;8-5(6(9)10)4-2-1-3-7-4;;/h2-8H,11H2,1H3;2-4,8H,1H3;2-3H,1H3,(H,9,10);1-3,8H,(H2,7,10);1-3,7H,(H,9,10);1H4;/q;;;;;;+1. The number of Topliss-reactive ketones (excluding diaryl/α,β-unsaturated/α-hetero) is 4. The number of hydrogen-bond donors (Lipinski definition) is 6. The number of amides is 1. The number of nitrogens with zero attached hydrogens (tertiary/aromatic N) is 1. The number of halogens is 2. The Bertz CT molecular complexity index is 2340. The Labute approximate surface area is 369 Å². The summed E-state index contributed by atoms with van der Waals surface area (Å²) in [6.07, 6.45) is 7.18. The molecule has 0 radical (unpaired) electrons. The first-order chi connectivity index (χ1) is 29.0. The third kappa shape index (κ3) is 20.2. The number of ketones is 4. The minimum Gasteiger partial charge on any atom is -0.486 e. The molecule has 0 aliphatic rings. The maximum absolute atomic E-state index is 12.3. The van der Waals surface area contributed by atoms with Gasteiger partial charge in [-0.2, -0.15) is 8.78 Å². The topological polar surface area (TPSA) is 300 Å². The van der Waals surface area contributed by atoms with Crippen LogP contribution in [0.4, 0.5) is 8.78 Å². The second-order valence-electron chi connectivity index (χ2n) is 11.2. The number of furan rings is 1. The Hall–Kier alpha value is -8.07. The predicted octanol–water partition coefficient (Wildman–Crippen LogP) is 1.61. The van der Waals surface area contributed by atoms with E-state index in [0.29, 0.717) is 25.1 Å². The van der Waals surface area contributed by atoms with Gasteiger partial charge in [-0.25, -0.2) is 19.4 Å². The van der Waals surface area contributed by atoms with Crippen LogP contribution in [0.5, 0.6) is 5.75 Å². The van der Waals surface area contributed by atoms with E-state index in [4.69, 9.17) is 20.0 Å². The molecule has 22 heteroatoms. The van der Waals surface area contributed by atoms with Crippen LogP contribution in [0.25, 0.3) is 0 Å². The van der Waals surface area contributed by atoms with Crippen LogP contribution < -0.4 is 29.3 Å². The van der Waals surface area contributed by atoms with Gasteiger partial charge >= 0.3 is 42.7 Å². The molecule has 5 heterocycles. The number of para-hydroxylation sites is 1. The minimum absolute atomic E-state index is 0. The summed E-state index contributed by atoms with van der Waals surface area (Å²) >= 11 is 0. The Kier molecular flexibility index (Phi) is 24.8. The molecule has 326 valence electrons. The van der Waals surface area contributed by atoms with Crippen molar-refractivity contribution in [3.8, 4) is 17.6 Å². The maximum atomic E-state index is 12.3. The fraction of sp³-hybridized carbons (Fsp3) is 0.146. The smallest absolute Gasteiger partial charge is 0.486 e. The van der Waals surface area contributed by atoms with Gasteiger partial charge in [0.1, 0.15) is 18.1 Å². The van der Waals surface area contributed by atoms with Crippen molar-refractivity contribution in [3.05, 3.63) is 144 Å². The number of aromatic nitrogens is 5. The van der Waals surface area contributed by atoms with Crippen molar-refractivity contribution in [1.29, 1.82) is 0 Å². The number of carboxylic acid groups (broad SMARTS) is 1. The summed E-state index contributed by atoms with van der Waals surface area (Å²) in [5.41, 5.74) is 5.30. The predicted molar refractivity (Wildman–Crippen MR) is 213 cm³/mol. The summed E-state index contributed by atoms with van der Waals surface area (Å²) < 4.78 is 44.1. The number of H-pyrrole nitrogens is 4. The average molecular weight is 870 g/mol. The molecule has 19 nitrogen and oxygen atoms in total. The Morgan fingerprint density at radius 3 is 1.71 bits per heavy atom. The van der Waals surface area contributed by atoms with Crippen molar-refractivity contribution in [3.63, 3.8) is 0 Å². The number of methoxy groups -OCH3 is 2. The molecule has 0 unspecified atom stereocenters. The molecular weight excluding hydrogens is 829 g/mol. The number of carbonyl (C=O) groups is 8. The van der Waals surface area contributed by atoms with Gasteiger partial charge in [-0.1, -0.05) is 25.6 Å². The van der Waals surface area contributed by atoms with E-state index in [1.807, 2.05) is 30.3 Å². The summed E-state index contributed by atoms with van der Waals surface area (Å²) in [4.78, 5) is 98.0. The largest absolute Gasteiger partial charge is 1.00 e. The first-order valence-corrected chi connectivity index (χ1v) is 16.9. The first kappa shape index (κ1) is 54.9. The number of imidazole rings is 1. The van der Waals surface area contributed by atoms with Crippen LogP contribution in [-0.4, -0.2) is 97.1 Å². The van der Waals surface area contributed by atoms with Crippen LogP contribution in [0.2, 0.25) is 0 Å². The van der Waals surface area contributed by atoms with Crippen LogP contribution in [0.1, 0.15) is 68.0 Å². The summed E-state index contributed by atoms with van der Waals surface area (Å²) in [6, 6.07) is 22.1. The third-order valence-corrected chi connectivity index (χ3v) is 6.69. The zero-order chi connectivity index (χ0) is 45.4. The van der Waals surface area contributed by atoms with Crippen molar-refractivity contribution < 1.29 is 89.7 Å². The minimum atomic E-state index is -3.35. The number of ether oxygens (including phenoxy) is 3. The number of benzene rings is 1. The molecule has 0 fully saturated rings. The second kappa shape index (κ2) is 28.4. The normalized spacial score (nSPS) is 9.35. The number of hydrogen-bond acceptors (Lipinski definition) is 13. The summed E-state index contributed by atoms with van der Waals surface area (Å²) in [6.45, 7) is 0.849. The van der Waals surface area contributed by atoms with Crippen LogP contribution in [0, 0.1) is 11.8 Å². The van der Waals surface area contributed by atoms with E-state index in [-0.39, 0.29) is 49.2 Å². The van der Waals surface area contributed by atoms with Crippen LogP contribution >= 0.6 is 0 Å². The average Bonchev–Trinajstić information content (AvgIpc) is 4.12. The molecule has 0 saturated carbocycles. The SMILES string of the molecule is C.CC(F)(F)C(=O)c1ncc[nH]1.COC(=O)C#Cc1ccc(COc2ccccc2)o1.COC(=O)C(=O)c1ccc[nH]1.NC(=O)C(=O)c1ccc[nH]1.O=C(O)C(=O)c1ccc[nH]1.[Li+]. The molecular formula is C41H40F2LiN6O13+. The number of alkyl halides is 2. The molecule has 0 bridgehead atoms. The molecule has 6 rings (SSSR count). The van der Waals surface area contributed by atoms with E-state index in [1.165, 1.54) is 51.0 Å².